The van der Waals surface area contributed by atoms with Gasteiger partial charge >= 0.3 is 0 Å². The number of hydrogen-bond acceptors (Lipinski definition) is 5. The van der Waals surface area contributed by atoms with Crippen molar-refractivity contribution in [1.82, 2.24) is 25.2 Å². The molecule has 6 heteroatoms. The van der Waals surface area contributed by atoms with Crippen LogP contribution in [0.1, 0.15) is 36.4 Å². The van der Waals surface area contributed by atoms with E-state index in [1.165, 1.54) is 6.42 Å². The molecule has 2 aromatic rings. The Bertz CT molecular complexity index is 560. The van der Waals surface area contributed by atoms with E-state index in [-0.39, 0.29) is 0 Å². The highest BCUT2D eigenvalue weighted by Gasteiger charge is 2.21. The SMILES string of the molecule is CCc1nnc2n1CC(CNCc1cc(C)no1)CC2. The fourth-order valence-corrected chi connectivity index (χ4v) is 2.78. The number of nitrogens with zero attached hydrogens (tertiary/aromatic N) is 4. The Morgan fingerprint density at radius 2 is 2.35 bits per heavy atom. The highest BCUT2D eigenvalue weighted by Crippen LogP contribution is 2.19. The van der Waals surface area contributed by atoms with Crippen molar-refractivity contribution in [2.75, 3.05) is 6.54 Å². The number of nitrogens with one attached hydrogen (secondary N) is 1. The Balaban J connectivity index is 1.52. The molecular formula is C14H21N5O. The minimum absolute atomic E-state index is 0.632. The third-order valence-electron chi connectivity index (χ3n) is 3.85. The lowest BCUT2D eigenvalue weighted by atomic mass is 9.99. The summed E-state index contributed by atoms with van der Waals surface area (Å²) in [6, 6.07) is 1.97. The molecule has 2 aromatic heterocycles. The first-order valence-electron chi connectivity index (χ1n) is 7.30. The summed E-state index contributed by atoms with van der Waals surface area (Å²) >= 11 is 0. The van der Waals surface area contributed by atoms with Crippen molar-refractivity contribution in [3.05, 3.63) is 29.2 Å². The summed E-state index contributed by atoms with van der Waals surface area (Å²) in [6.45, 7) is 6.82. The molecule has 1 N–H and O–H groups in total. The van der Waals surface area contributed by atoms with Gasteiger partial charge in [-0.25, -0.2) is 0 Å². The van der Waals surface area contributed by atoms with Crippen molar-refractivity contribution in [3.63, 3.8) is 0 Å². The molecule has 108 valence electrons. The lowest BCUT2D eigenvalue weighted by Gasteiger charge is -2.24. The maximum atomic E-state index is 5.20. The molecule has 0 aliphatic carbocycles. The van der Waals surface area contributed by atoms with Gasteiger partial charge in [0.15, 0.2) is 5.76 Å². The molecule has 0 aromatic carbocycles. The molecule has 0 fully saturated rings. The second-order valence-electron chi connectivity index (χ2n) is 5.47. The van der Waals surface area contributed by atoms with Crippen LogP contribution in [0.2, 0.25) is 0 Å². The van der Waals surface area contributed by atoms with Crippen LogP contribution in [0.5, 0.6) is 0 Å². The Labute approximate surface area is 118 Å². The molecule has 0 saturated carbocycles. The van der Waals surface area contributed by atoms with Gasteiger partial charge in [0, 0.05) is 32.0 Å². The standard InChI is InChI=1S/C14H21N5O/c1-3-13-16-17-14-5-4-11(9-19(13)14)7-15-8-12-6-10(2)18-20-12/h6,11,15H,3-5,7-9H2,1-2H3. The van der Waals surface area contributed by atoms with Crippen LogP contribution < -0.4 is 5.32 Å². The second-order valence-corrected chi connectivity index (χ2v) is 5.47. The van der Waals surface area contributed by atoms with Crippen LogP contribution in [-0.2, 0) is 25.9 Å². The third kappa shape index (κ3) is 2.75. The van der Waals surface area contributed by atoms with Gasteiger partial charge in [0.1, 0.15) is 11.6 Å². The molecule has 1 aliphatic heterocycles. The van der Waals surface area contributed by atoms with Crippen LogP contribution in [-0.4, -0.2) is 26.5 Å². The molecule has 3 rings (SSSR count). The van der Waals surface area contributed by atoms with E-state index >= 15 is 0 Å². The maximum Gasteiger partial charge on any atom is 0.150 e. The zero-order valence-corrected chi connectivity index (χ0v) is 12.1. The van der Waals surface area contributed by atoms with Crippen LogP contribution in [0.3, 0.4) is 0 Å². The van der Waals surface area contributed by atoms with Crippen molar-refractivity contribution < 1.29 is 4.52 Å². The van der Waals surface area contributed by atoms with Crippen LogP contribution in [0.15, 0.2) is 10.6 Å². The molecule has 0 amide bonds. The number of rotatable bonds is 5. The molecule has 1 aliphatic rings. The molecule has 3 heterocycles. The van der Waals surface area contributed by atoms with E-state index in [9.17, 15) is 0 Å². The smallest absolute Gasteiger partial charge is 0.150 e. The van der Waals surface area contributed by atoms with Crippen LogP contribution in [0, 0.1) is 12.8 Å². The highest BCUT2D eigenvalue weighted by molar-refractivity contribution is 5.03. The molecule has 0 spiro atoms. The Morgan fingerprint density at radius 3 is 3.10 bits per heavy atom. The van der Waals surface area contributed by atoms with E-state index in [0.29, 0.717) is 5.92 Å². The van der Waals surface area contributed by atoms with Crippen molar-refractivity contribution in [1.29, 1.82) is 0 Å². The quantitative estimate of drug-likeness (QED) is 0.895. The lowest BCUT2D eigenvalue weighted by Crippen LogP contribution is -2.30. The summed E-state index contributed by atoms with van der Waals surface area (Å²) in [5.41, 5.74) is 0.932. The van der Waals surface area contributed by atoms with E-state index in [2.05, 4.69) is 32.2 Å². The topological polar surface area (TPSA) is 68.8 Å². The van der Waals surface area contributed by atoms with Crippen LogP contribution >= 0.6 is 0 Å². The fourth-order valence-electron chi connectivity index (χ4n) is 2.78. The predicted octanol–water partition coefficient (Wildman–Crippen LogP) is 1.49. The Hall–Kier alpha value is -1.69. The third-order valence-corrected chi connectivity index (χ3v) is 3.85. The first-order chi connectivity index (χ1) is 9.76. The molecule has 1 unspecified atom stereocenters. The van der Waals surface area contributed by atoms with Gasteiger partial charge in [-0.05, 0) is 19.3 Å². The minimum atomic E-state index is 0.632. The van der Waals surface area contributed by atoms with Gasteiger partial charge in [0.05, 0.1) is 12.2 Å². The van der Waals surface area contributed by atoms with Crippen LogP contribution in [0.25, 0.3) is 0 Å². The molecule has 0 bridgehead atoms. The van der Waals surface area contributed by atoms with Crippen molar-refractivity contribution in [2.45, 2.75) is 46.2 Å². The lowest BCUT2D eigenvalue weighted by molar-refractivity contribution is 0.326. The number of aromatic nitrogens is 4. The molecule has 0 radical (unpaired) electrons. The van der Waals surface area contributed by atoms with E-state index in [1.807, 2.05) is 13.0 Å². The number of aryl methyl sites for hydroxylation is 3. The normalized spacial score (nSPS) is 18.2. The van der Waals surface area contributed by atoms with Crippen molar-refractivity contribution >= 4 is 0 Å². The van der Waals surface area contributed by atoms with E-state index in [4.69, 9.17) is 4.52 Å². The number of fused-ring (bicyclic) bond motifs is 1. The average Bonchev–Trinajstić information content (AvgIpc) is 3.04. The fraction of sp³-hybridized carbons (Fsp3) is 0.643. The van der Waals surface area contributed by atoms with Gasteiger partial charge in [0.2, 0.25) is 0 Å². The number of hydrogen-bond donors (Lipinski definition) is 1. The summed E-state index contributed by atoms with van der Waals surface area (Å²) in [6.07, 6.45) is 3.15. The first-order valence-corrected chi connectivity index (χ1v) is 7.30. The van der Waals surface area contributed by atoms with Gasteiger partial charge in [-0.2, -0.15) is 0 Å². The maximum absolute atomic E-state index is 5.20. The Morgan fingerprint density at radius 1 is 1.45 bits per heavy atom. The van der Waals surface area contributed by atoms with Crippen LogP contribution in [0.4, 0.5) is 0 Å². The summed E-state index contributed by atoms with van der Waals surface area (Å²) in [5, 5.41) is 15.9. The van der Waals surface area contributed by atoms with Crippen molar-refractivity contribution in [3.8, 4) is 0 Å². The Kier molecular flexibility index (Phi) is 3.82. The van der Waals surface area contributed by atoms with Crippen molar-refractivity contribution in [2.24, 2.45) is 5.92 Å². The minimum Gasteiger partial charge on any atom is -0.360 e. The monoisotopic (exact) mass is 275 g/mol. The van der Waals surface area contributed by atoms with E-state index < -0.39 is 0 Å². The average molecular weight is 275 g/mol. The van der Waals surface area contributed by atoms with E-state index in [0.717, 1.165) is 55.6 Å². The highest BCUT2D eigenvalue weighted by atomic mass is 16.5. The molecule has 20 heavy (non-hydrogen) atoms. The zero-order valence-electron chi connectivity index (χ0n) is 12.1. The molecule has 1 atom stereocenters. The summed E-state index contributed by atoms with van der Waals surface area (Å²) in [7, 11) is 0. The van der Waals surface area contributed by atoms with Gasteiger partial charge < -0.3 is 14.4 Å². The summed E-state index contributed by atoms with van der Waals surface area (Å²) in [4.78, 5) is 0. The first kappa shape index (κ1) is 13.3. The van der Waals surface area contributed by atoms with Gasteiger partial charge in [-0.3, -0.25) is 0 Å². The summed E-state index contributed by atoms with van der Waals surface area (Å²) < 4.78 is 7.48. The van der Waals surface area contributed by atoms with Gasteiger partial charge in [0.25, 0.3) is 0 Å². The molecular weight excluding hydrogens is 254 g/mol. The second kappa shape index (κ2) is 5.75. The van der Waals surface area contributed by atoms with Gasteiger partial charge in [-0.1, -0.05) is 12.1 Å². The predicted molar refractivity (Wildman–Crippen MR) is 74.2 cm³/mol. The molecule has 6 nitrogen and oxygen atoms in total. The largest absolute Gasteiger partial charge is 0.360 e. The molecule has 0 saturated heterocycles. The van der Waals surface area contributed by atoms with E-state index in [1.54, 1.807) is 0 Å². The summed E-state index contributed by atoms with van der Waals surface area (Å²) in [5.74, 6) is 3.78. The zero-order chi connectivity index (χ0) is 13.9. The van der Waals surface area contributed by atoms with Gasteiger partial charge in [-0.15, -0.1) is 10.2 Å².